The average Bonchev–Trinajstić information content (AvgIpc) is 2.48. The fourth-order valence-corrected chi connectivity index (χ4v) is 2.71. The van der Waals surface area contributed by atoms with Crippen LogP contribution in [0.1, 0.15) is 43.0 Å². The Labute approximate surface area is 125 Å². The molecule has 1 aromatic carbocycles. The van der Waals surface area contributed by atoms with E-state index in [0.29, 0.717) is 22.6 Å². The smallest absolute Gasteiger partial charge is 0.269 e. The number of rotatable bonds is 2. The number of carbonyl (C=O) groups excluding carboxylic acids is 1. The van der Waals surface area contributed by atoms with Gasteiger partial charge in [0.05, 0.1) is 0 Å². The van der Waals surface area contributed by atoms with Crippen molar-refractivity contribution in [3.05, 3.63) is 35.9 Å². The van der Waals surface area contributed by atoms with Gasteiger partial charge in [-0.15, -0.1) is 0 Å². The fraction of sp³-hybridized carbons (Fsp3) is 0.467. The summed E-state index contributed by atoms with van der Waals surface area (Å²) in [5.41, 5.74) is 5.99. The highest BCUT2D eigenvalue weighted by molar-refractivity contribution is 7.80. The minimum Gasteiger partial charge on any atom is -0.358 e. The van der Waals surface area contributed by atoms with Crippen molar-refractivity contribution in [1.29, 1.82) is 0 Å². The minimum atomic E-state index is -0.188. The van der Waals surface area contributed by atoms with Crippen LogP contribution in [-0.4, -0.2) is 17.1 Å². The molecule has 0 aliphatic heterocycles. The molecule has 4 nitrogen and oxygen atoms in total. The molecule has 1 fully saturated rings. The van der Waals surface area contributed by atoms with Crippen molar-refractivity contribution in [2.75, 3.05) is 0 Å². The molecule has 108 valence electrons. The Balaban J connectivity index is 1.76. The number of nitrogens with one attached hydrogen (secondary N) is 3. The number of hydrogen-bond acceptors (Lipinski definition) is 2. The van der Waals surface area contributed by atoms with Gasteiger partial charge in [0.25, 0.3) is 5.91 Å². The van der Waals surface area contributed by atoms with Crippen LogP contribution in [0.15, 0.2) is 30.3 Å². The van der Waals surface area contributed by atoms with Gasteiger partial charge in [0.1, 0.15) is 0 Å². The lowest BCUT2D eigenvalue weighted by Gasteiger charge is -2.30. The van der Waals surface area contributed by atoms with Gasteiger partial charge in [-0.3, -0.25) is 15.6 Å². The van der Waals surface area contributed by atoms with Crippen LogP contribution >= 0.6 is 12.2 Å². The number of amides is 1. The lowest BCUT2D eigenvalue weighted by molar-refractivity contribution is 0.0943. The maximum atomic E-state index is 11.8. The van der Waals surface area contributed by atoms with Crippen LogP contribution in [0.5, 0.6) is 0 Å². The summed E-state index contributed by atoms with van der Waals surface area (Å²) >= 11 is 5.22. The highest BCUT2D eigenvalue weighted by Gasteiger charge is 2.21. The van der Waals surface area contributed by atoms with Crippen molar-refractivity contribution in [3.8, 4) is 0 Å². The van der Waals surface area contributed by atoms with Gasteiger partial charge in [-0.25, -0.2) is 0 Å². The lowest BCUT2D eigenvalue weighted by atomic mass is 9.86. The first-order valence-corrected chi connectivity index (χ1v) is 7.49. The van der Waals surface area contributed by atoms with Crippen LogP contribution < -0.4 is 16.2 Å². The number of hydrogen-bond donors (Lipinski definition) is 3. The van der Waals surface area contributed by atoms with Crippen LogP contribution in [0.25, 0.3) is 0 Å². The molecule has 20 heavy (non-hydrogen) atoms. The first-order chi connectivity index (χ1) is 9.66. The van der Waals surface area contributed by atoms with Gasteiger partial charge in [-0.1, -0.05) is 38.0 Å². The van der Waals surface area contributed by atoms with Gasteiger partial charge in [0.15, 0.2) is 5.11 Å². The van der Waals surface area contributed by atoms with Crippen LogP contribution in [0.3, 0.4) is 0 Å². The van der Waals surface area contributed by atoms with Gasteiger partial charge in [0.2, 0.25) is 0 Å². The van der Waals surface area contributed by atoms with E-state index in [9.17, 15) is 4.79 Å². The zero-order chi connectivity index (χ0) is 14.4. The second-order valence-corrected chi connectivity index (χ2v) is 5.70. The molecule has 0 bridgehead atoms. The van der Waals surface area contributed by atoms with Gasteiger partial charge in [0, 0.05) is 11.6 Å². The Morgan fingerprint density at radius 1 is 1.15 bits per heavy atom. The largest absolute Gasteiger partial charge is 0.358 e. The van der Waals surface area contributed by atoms with Crippen LogP contribution in [-0.2, 0) is 0 Å². The maximum absolute atomic E-state index is 11.8. The minimum absolute atomic E-state index is 0.188. The van der Waals surface area contributed by atoms with Crippen LogP contribution in [0, 0.1) is 5.92 Å². The summed E-state index contributed by atoms with van der Waals surface area (Å²) in [5.74, 6) is 0.430. The van der Waals surface area contributed by atoms with E-state index in [2.05, 4.69) is 23.1 Å². The van der Waals surface area contributed by atoms with Crippen molar-refractivity contribution in [1.82, 2.24) is 16.2 Å². The molecule has 0 unspecified atom stereocenters. The van der Waals surface area contributed by atoms with E-state index in [1.54, 1.807) is 12.1 Å². The van der Waals surface area contributed by atoms with Crippen molar-refractivity contribution in [3.63, 3.8) is 0 Å². The molecule has 1 saturated carbocycles. The van der Waals surface area contributed by atoms with Crippen molar-refractivity contribution in [2.45, 2.75) is 38.6 Å². The van der Waals surface area contributed by atoms with E-state index >= 15 is 0 Å². The maximum Gasteiger partial charge on any atom is 0.269 e. The summed E-state index contributed by atoms with van der Waals surface area (Å²) in [4.78, 5) is 11.8. The molecular formula is C15H21N3OS. The third kappa shape index (κ3) is 4.20. The summed E-state index contributed by atoms with van der Waals surface area (Å²) in [6.07, 6.45) is 4.90. The Kier molecular flexibility index (Phi) is 5.35. The van der Waals surface area contributed by atoms with Gasteiger partial charge < -0.3 is 5.32 Å². The quantitative estimate of drug-likeness (QED) is 0.578. The number of carbonyl (C=O) groups is 1. The Hall–Kier alpha value is -1.62. The molecule has 2 rings (SSSR count). The summed E-state index contributed by atoms with van der Waals surface area (Å²) in [5, 5.41) is 3.76. The molecule has 2 atom stereocenters. The van der Waals surface area contributed by atoms with E-state index < -0.39 is 0 Å². The fourth-order valence-electron chi connectivity index (χ4n) is 2.51. The molecule has 0 aromatic heterocycles. The van der Waals surface area contributed by atoms with Crippen LogP contribution in [0.4, 0.5) is 0 Å². The Bertz CT molecular complexity index is 463. The normalized spacial score (nSPS) is 21.9. The number of thiocarbonyl (C=S) groups is 1. The predicted molar refractivity (Wildman–Crippen MR) is 84.2 cm³/mol. The average molecular weight is 291 g/mol. The molecule has 5 heteroatoms. The first-order valence-electron chi connectivity index (χ1n) is 7.08. The monoisotopic (exact) mass is 291 g/mol. The van der Waals surface area contributed by atoms with E-state index in [1.165, 1.54) is 19.3 Å². The first kappa shape index (κ1) is 14.8. The van der Waals surface area contributed by atoms with Gasteiger partial charge in [-0.2, -0.15) is 0 Å². The zero-order valence-corrected chi connectivity index (χ0v) is 12.5. The second-order valence-electron chi connectivity index (χ2n) is 5.29. The SMILES string of the molecule is C[C@@H]1CCCC[C@H]1NC(=S)NNC(=O)c1ccccc1. The van der Waals surface area contributed by atoms with E-state index in [0.717, 1.165) is 6.42 Å². The molecule has 1 aliphatic carbocycles. The highest BCUT2D eigenvalue weighted by Crippen LogP contribution is 2.23. The van der Waals surface area contributed by atoms with E-state index in [-0.39, 0.29) is 5.91 Å². The van der Waals surface area contributed by atoms with E-state index in [1.807, 2.05) is 18.2 Å². The molecule has 3 N–H and O–H groups in total. The standard InChI is InChI=1S/C15H21N3OS/c1-11-7-5-6-10-13(11)16-15(20)18-17-14(19)12-8-3-2-4-9-12/h2-4,8-9,11,13H,5-7,10H2,1H3,(H,17,19)(H2,16,18,20)/t11-,13-/m1/s1. The third-order valence-electron chi connectivity index (χ3n) is 3.75. The molecular weight excluding hydrogens is 270 g/mol. The summed E-state index contributed by atoms with van der Waals surface area (Å²) in [6.45, 7) is 2.24. The molecule has 0 heterocycles. The third-order valence-corrected chi connectivity index (χ3v) is 3.97. The molecule has 1 aromatic rings. The van der Waals surface area contributed by atoms with Gasteiger partial charge >= 0.3 is 0 Å². The zero-order valence-electron chi connectivity index (χ0n) is 11.7. The van der Waals surface area contributed by atoms with Crippen molar-refractivity contribution < 1.29 is 4.79 Å². The number of hydrazine groups is 1. The second kappa shape index (κ2) is 7.24. The summed E-state index contributed by atoms with van der Waals surface area (Å²) in [6, 6.07) is 9.45. The molecule has 0 spiro atoms. The Morgan fingerprint density at radius 2 is 1.85 bits per heavy atom. The number of benzene rings is 1. The van der Waals surface area contributed by atoms with Crippen molar-refractivity contribution in [2.24, 2.45) is 5.92 Å². The molecule has 0 radical (unpaired) electrons. The van der Waals surface area contributed by atoms with E-state index in [4.69, 9.17) is 12.2 Å². The summed E-state index contributed by atoms with van der Waals surface area (Å²) in [7, 11) is 0. The predicted octanol–water partition coefficient (Wildman–Crippen LogP) is 2.37. The van der Waals surface area contributed by atoms with Crippen LogP contribution in [0.2, 0.25) is 0 Å². The molecule has 1 aliphatic rings. The lowest BCUT2D eigenvalue weighted by Crippen LogP contribution is -2.51. The summed E-state index contributed by atoms with van der Waals surface area (Å²) < 4.78 is 0. The highest BCUT2D eigenvalue weighted by atomic mass is 32.1. The van der Waals surface area contributed by atoms with Crippen molar-refractivity contribution >= 4 is 23.2 Å². The molecule has 1 amide bonds. The Morgan fingerprint density at radius 3 is 2.55 bits per heavy atom. The topological polar surface area (TPSA) is 53.2 Å². The van der Waals surface area contributed by atoms with Gasteiger partial charge in [-0.05, 0) is 43.1 Å². The molecule has 0 saturated heterocycles.